The lowest BCUT2D eigenvalue weighted by atomic mass is 10.1. The van der Waals surface area contributed by atoms with E-state index in [9.17, 15) is 5.11 Å². The highest BCUT2D eigenvalue weighted by Gasteiger charge is 2.23. The standard InChI is InChI=1S/C15H21Cl2NO2/c1-10(6-11-2-3-11)18-8-13(19)9-20-15-7-12(16)4-5-14(15)17/h4-5,7,10-11,13,18-19H,2-3,6,8-9H2,1H3. The Morgan fingerprint density at radius 1 is 1.40 bits per heavy atom. The molecular weight excluding hydrogens is 297 g/mol. The van der Waals surface area contributed by atoms with Crippen molar-refractivity contribution in [1.29, 1.82) is 0 Å². The van der Waals surface area contributed by atoms with Crippen LogP contribution in [0.25, 0.3) is 0 Å². The molecule has 0 aliphatic heterocycles. The van der Waals surface area contributed by atoms with Crippen molar-refractivity contribution >= 4 is 23.2 Å². The molecule has 0 amide bonds. The Hall–Kier alpha value is -0.480. The second-order valence-electron chi connectivity index (χ2n) is 5.53. The smallest absolute Gasteiger partial charge is 0.139 e. The van der Waals surface area contributed by atoms with Gasteiger partial charge in [-0.15, -0.1) is 0 Å². The summed E-state index contributed by atoms with van der Waals surface area (Å²) in [6.45, 7) is 2.87. The number of aliphatic hydroxyl groups is 1. The molecule has 1 aromatic carbocycles. The largest absolute Gasteiger partial charge is 0.489 e. The van der Waals surface area contributed by atoms with E-state index in [1.54, 1.807) is 18.2 Å². The van der Waals surface area contributed by atoms with Crippen LogP contribution in [0.1, 0.15) is 26.2 Å². The van der Waals surface area contributed by atoms with Crippen LogP contribution in [0.5, 0.6) is 5.75 Å². The number of aliphatic hydroxyl groups excluding tert-OH is 1. The summed E-state index contributed by atoms with van der Waals surface area (Å²) in [6, 6.07) is 5.47. The lowest BCUT2D eigenvalue weighted by Crippen LogP contribution is -2.36. The topological polar surface area (TPSA) is 41.5 Å². The van der Waals surface area contributed by atoms with Gasteiger partial charge in [-0.1, -0.05) is 36.0 Å². The van der Waals surface area contributed by atoms with Crippen LogP contribution in [-0.4, -0.2) is 30.4 Å². The molecule has 2 unspecified atom stereocenters. The normalized spacial score (nSPS) is 17.8. The fourth-order valence-electron chi connectivity index (χ4n) is 2.11. The lowest BCUT2D eigenvalue weighted by molar-refractivity contribution is 0.103. The average Bonchev–Trinajstić information content (AvgIpc) is 3.21. The molecule has 1 aliphatic rings. The van der Waals surface area contributed by atoms with Crippen molar-refractivity contribution < 1.29 is 9.84 Å². The fourth-order valence-corrected chi connectivity index (χ4v) is 2.44. The van der Waals surface area contributed by atoms with Crippen LogP contribution in [0, 0.1) is 5.92 Å². The van der Waals surface area contributed by atoms with Crippen LogP contribution in [-0.2, 0) is 0 Å². The molecule has 2 atom stereocenters. The van der Waals surface area contributed by atoms with Crippen molar-refractivity contribution in [3.05, 3.63) is 28.2 Å². The predicted octanol–water partition coefficient (Wildman–Crippen LogP) is 3.51. The second kappa shape index (κ2) is 7.51. The van der Waals surface area contributed by atoms with Gasteiger partial charge in [0.05, 0.1) is 5.02 Å². The second-order valence-corrected chi connectivity index (χ2v) is 6.37. The molecule has 0 bridgehead atoms. The number of hydrogen-bond acceptors (Lipinski definition) is 3. The minimum atomic E-state index is -0.563. The lowest BCUT2D eigenvalue weighted by Gasteiger charge is -2.17. The van der Waals surface area contributed by atoms with Crippen LogP contribution in [0.15, 0.2) is 18.2 Å². The van der Waals surface area contributed by atoms with Gasteiger partial charge in [0.15, 0.2) is 0 Å². The van der Waals surface area contributed by atoms with Crippen LogP contribution >= 0.6 is 23.2 Å². The molecule has 0 saturated heterocycles. The fraction of sp³-hybridized carbons (Fsp3) is 0.600. The van der Waals surface area contributed by atoms with E-state index in [1.807, 2.05) is 0 Å². The molecule has 1 aliphatic carbocycles. The van der Waals surface area contributed by atoms with Crippen LogP contribution < -0.4 is 10.1 Å². The zero-order valence-electron chi connectivity index (χ0n) is 11.6. The van der Waals surface area contributed by atoms with Gasteiger partial charge in [0.1, 0.15) is 18.5 Å². The molecule has 112 valence electrons. The minimum absolute atomic E-state index is 0.198. The molecule has 1 fully saturated rings. The highest BCUT2D eigenvalue weighted by molar-refractivity contribution is 6.34. The molecule has 2 N–H and O–H groups in total. The Morgan fingerprint density at radius 2 is 2.15 bits per heavy atom. The molecule has 1 saturated carbocycles. The van der Waals surface area contributed by atoms with Crippen molar-refractivity contribution in [2.45, 2.75) is 38.3 Å². The van der Waals surface area contributed by atoms with E-state index in [1.165, 1.54) is 19.3 Å². The van der Waals surface area contributed by atoms with Crippen molar-refractivity contribution in [1.82, 2.24) is 5.32 Å². The van der Waals surface area contributed by atoms with Gasteiger partial charge in [0.2, 0.25) is 0 Å². The molecule has 1 aromatic rings. The minimum Gasteiger partial charge on any atom is -0.489 e. The Balaban J connectivity index is 1.68. The third kappa shape index (κ3) is 5.49. The molecule has 2 rings (SSSR count). The number of rotatable bonds is 8. The maximum Gasteiger partial charge on any atom is 0.139 e. The van der Waals surface area contributed by atoms with Gasteiger partial charge in [-0.05, 0) is 31.4 Å². The van der Waals surface area contributed by atoms with E-state index < -0.39 is 6.10 Å². The van der Waals surface area contributed by atoms with E-state index in [4.69, 9.17) is 27.9 Å². The van der Waals surface area contributed by atoms with E-state index in [-0.39, 0.29) is 6.61 Å². The zero-order valence-corrected chi connectivity index (χ0v) is 13.1. The summed E-state index contributed by atoms with van der Waals surface area (Å²) in [5.74, 6) is 1.39. The molecule has 0 aromatic heterocycles. The van der Waals surface area contributed by atoms with Crippen LogP contribution in [0.4, 0.5) is 0 Å². The van der Waals surface area contributed by atoms with Crippen LogP contribution in [0.2, 0.25) is 10.0 Å². The number of ether oxygens (including phenoxy) is 1. The Labute approximate surface area is 130 Å². The van der Waals surface area contributed by atoms with Crippen molar-refractivity contribution in [3.63, 3.8) is 0 Å². The highest BCUT2D eigenvalue weighted by Crippen LogP contribution is 2.33. The van der Waals surface area contributed by atoms with E-state index in [0.29, 0.717) is 28.4 Å². The first-order valence-corrected chi connectivity index (χ1v) is 7.79. The Kier molecular flexibility index (Phi) is 5.97. The van der Waals surface area contributed by atoms with Crippen LogP contribution in [0.3, 0.4) is 0 Å². The summed E-state index contributed by atoms with van der Waals surface area (Å²) in [6.07, 6.45) is 3.33. The zero-order chi connectivity index (χ0) is 14.5. The SMILES string of the molecule is CC(CC1CC1)NCC(O)COc1cc(Cl)ccc1Cl. The molecule has 3 nitrogen and oxygen atoms in total. The van der Waals surface area contributed by atoms with Gasteiger partial charge in [-0.3, -0.25) is 0 Å². The molecule has 0 heterocycles. The first-order valence-electron chi connectivity index (χ1n) is 7.04. The van der Waals surface area contributed by atoms with Crippen molar-refractivity contribution in [2.24, 2.45) is 5.92 Å². The van der Waals surface area contributed by atoms with Crippen molar-refractivity contribution in [3.8, 4) is 5.75 Å². The summed E-state index contributed by atoms with van der Waals surface area (Å²) in [7, 11) is 0. The van der Waals surface area contributed by atoms with Gasteiger partial charge in [0.25, 0.3) is 0 Å². The Bertz CT molecular complexity index is 438. The number of nitrogens with one attached hydrogen (secondary N) is 1. The molecule has 5 heteroatoms. The summed E-state index contributed by atoms with van der Waals surface area (Å²) < 4.78 is 5.50. The molecule has 0 spiro atoms. The quantitative estimate of drug-likeness (QED) is 0.771. The van der Waals surface area contributed by atoms with Gasteiger partial charge < -0.3 is 15.2 Å². The monoisotopic (exact) mass is 317 g/mol. The number of hydrogen-bond donors (Lipinski definition) is 2. The molecule has 20 heavy (non-hydrogen) atoms. The van der Waals surface area contributed by atoms with E-state index in [0.717, 1.165) is 5.92 Å². The van der Waals surface area contributed by atoms with Gasteiger partial charge >= 0.3 is 0 Å². The first-order chi connectivity index (χ1) is 9.54. The van der Waals surface area contributed by atoms with Gasteiger partial charge in [0, 0.05) is 23.7 Å². The van der Waals surface area contributed by atoms with E-state index >= 15 is 0 Å². The first kappa shape index (κ1) is 15.9. The van der Waals surface area contributed by atoms with E-state index in [2.05, 4.69) is 12.2 Å². The third-order valence-electron chi connectivity index (χ3n) is 3.41. The predicted molar refractivity (Wildman–Crippen MR) is 82.8 cm³/mol. The van der Waals surface area contributed by atoms with Gasteiger partial charge in [-0.2, -0.15) is 0 Å². The summed E-state index contributed by atoms with van der Waals surface area (Å²) in [4.78, 5) is 0. The van der Waals surface area contributed by atoms with Crippen molar-refractivity contribution in [2.75, 3.05) is 13.2 Å². The van der Waals surface area contributed by atoms with Gasteiger partial charge in [-0.25, -0.2) is 0 Å². The maximum absolute atomic E-state index is 9.91. The summed E-state index contributed by atoms with van der Waals surface area (Å²) in [5.41, 5.74) is 0. The third-order valence-corrected chi connectivity index (χ3v) is 3.96. The Morgan fingerprint density at radius 3 is 2.85 bits per heavy atom. The number of halogens is 2. The summed E-state index contributed by atoms with van der Waals surface area (Å²) >= 11 is 11.9. The molecular formula is C15H21Cl2NO2. The number of benzene rings is 1. The maximum atomic E-state index is 9.91. The molecule has 0 radical (unpaired) electrons. The average molecular weight is 318 g/mol. The summed E-state index contributed by atoms with van der Waals surface area (Å²) in [5, 5.41) is 14.3. The highest BCUT2D eigenvalue weighted by atomic mass is 35.5.